The maximum absolute atomic E-state index is 13.1. The fourth-order valence-electron chi connectivity index (χ4n) is 3.20. The molecule has 2 aromatic heterocycles. The summed E-state index contributed by atoms with van der Waals surface area (Å²) < 4.78 is 15.1. The normalized spacial score (nSPS) is 18.6. The molecular formula is C24H37FN6O. The Kier molecular flexibility index (Phi) is 12.0. The molecule has 32 heavy (non-hydrogen) atoms. The highest BCUT2D eigenvalue weighted by molar-refractivity contribution is 5.75. The molecule has 1 saturated carbocycles. The number of anilines is 2. The van der Waals surface area contributed by atoms with E-state index < -0.39 is 0 Å². The highest BCUT2D eigenvalue weighted by Gasteiger charge is 2.21. The Labute approximate surface area is 191 Å². The van der Waals surface area contributed by atoms with Crippen LogP contribution in [0.15, 0.2) is 30.4 Å². The first-order valence-electron chi connectivity index (χ1n) is 11.0. The second-order valence-corrected chi connectivity index (χ2v) is 8.03. The maximum Gasteiger partial charge on any atom is 0.224 e. The summed E-state index contributed by atoms with van der Waals surface area (Å²) in [5, 5.41) is 15.9. The van der Waals surface area contributed by atoms with Gasteiger partial charge in [-0.2, -0.15) is 4.98 Å². The molecule has 1 aliphatic rings. The molecule has 2 heterocycles. The Morgan fingerprint density at radius 2 is 1.84 bits per heavy atom. The third kappa shape index (κ3) is 8.67. The molecule has 0 amide bonds. The van der Waals surface area contributed by atoms with Crippen LogP contribution < -0.4 is 10.6 Å². The van der Waals surface area contributed by atoms with E-state index in [0.29, 0.717) is 29.9 Å². The van der Waals surface area contributed by atoms with Crippen LogP contribution in [0, 0.1) is 18.8 Å². The minimum atomic E-state index is -0.318. The number of aliphatic hydroxyl groups excluding tert-OH is 1. The minimum Gasteiger partial charge on any atom is -0.393 e. The number of aliphatic hydroxyl groups is 1. The van der Waals surface area contributed by atoms with E-state index in [2.05, 4.69) is 52.3 Å². The number of hydrogen-bond donors (Lipinski definition) is 3. The number of imidazole rings is 1. The van der Waals surface area contributed by atoms with Crippen LogP contribution in [-0.2, 0) is 6.54 Å². The molecule has 0 unspecified atom stereocenters. The topological polar surface area (TPSA) is 87.9 Å². The molecule has 1 fully saturated rings. The zero-order chi connectivity index (χ0) is 24.1. The summed E-state index contributed by atoms with van der Waals surface area (Å²) in [6.45, 7) is 10.3. The summed E-state index contributed by atoms with van der Waals surface area (Å²) in [5.74, 6) is 1.18. The summed E-state index contributed by atoms with van der Waals surface area (Å²) >= 11 is 0. The van der Waals surface area contributed by atoms with Gasteiger partial charge in [-0.3, -0.25) is 4.57 Å². The van der Waals surface area contributed by atoms with Gasteiger partial charge < -0.3 is 15.7 Å². The molecule has 8 heteroatoms. The molecule has 0 aromatic carbocycles. The van der Waals surface area contributed by atoms with Gasteiger partial charge in [0.05, 0.1) is 12.3 Å². The van der Waals surface area contributed by atoms with Crippen LogP contribution in [0.25, 0.3) is 11.2 Å². The molecule has 0 spiro atoms. The lowest BCUT2D eigenvalue weighted by Gasteiger charge is -2.26. The predicted molar refractivity (Wildman–Crippen MR) is 131 cm³/mol. The van der Waals surface area contributed by atoms with Crippen molar-refractivity contribution in [3.05, 3.63) is 30.4 Å². The van der Waals surface area contributed by atoms with Gasteiger partial charge in [0.25, 0.3) is 0 Å². The molecule has 0 bridgehead atoms. The van der Waals surface area contributed by atoms with Crippen molar-refractivity contribution < 1.29 is 9.50 Å². The van der Waals surface area contributed by atoms with E-state index >= 15 is 0 Å². The van der Waals surface area contributed by atoms with Crippen molar-refractivity contribution in [1.29, 1.82) is 0 Å². The molecule has 0 radical (unpaired) electrons. The molecule has 0 aliphatic heterocycles. The van der Waals surface area contributed by atoms with E-state index in [1.165, 1.54) is 13.1 Å². The Morgan fingerprint density at radius 3 is 2.38 bits per heavy atom. The highest BCUT2D eigenvalue weighted by atomic mass is 19.1. The fraction of sp³-hybridized carbons (Fsp3) is 0.542. The molecule has 2 aromatic rings. The Bertz CT molecular complexity index is 887. The quantitative estimate of drug-likeness (QED) is 0.415. The molecule has 1 aliphatic carbocycles. The molecule has 0 atom stereocenters. The second-order valence-electron chi connectivity index (χ2n) is 8.03. The summed E-state index contributed by atoms with van der Waals surface area (Å²) in [6, 6.07) is 0.270. The van der Waals surface area contributed by atoms with Crippen molar-refractivity contribution >= 4 is 23.1 Å². The largest absolute Gasteiger partial charge is 0.393 e. The summed E-state index contributed by atoms with van der Waals surface area (Å²) in [4.78, 5) is 13.5. The van der Waals surface area contributed by atoms with E-state index in [-0.39, 0.29) is 18.0 Å². The first kappa shape index (κ1) is 27.1. The smallest absolute Gasteiger partial charge is 0.224 e. The van der Waals surface area contributed by atoms with Gasteiger partial charge in [-0.1, -0.05) is 26.0 Å². The first-order chi connectivity index (χ1) is 15.3. The van der Waals surface area contributed by atoms with Gasteiger partial charge in [0, 0.05) is 18.8 Å². The average Bonchev–Trinajstić information content (AvgIpc) is 3.11. The standard InChI is InChI=1S/C18H27FN6O.C4H8.C2H2/c1-11(2)10-25-16-15(23-18(25)21-8-12(3)19)9-20-17(24-16)22-13-4-6-14(26)7-5-13;1-3-4-2;1-2/h8-9,11,13-14,26H,4-7,10H2,1-3H3,(H,21,23)(H,20,22,24);3-4H,1-2H3;1-2H/b12-8-;4-3-;. The van der Waals surface area contributed by atoms with Crippen molar-refractivity contribution in [2.45, 2.75) is 79.0 Å². The van der Waals surface area contributed by atoms with E-state index in [4.69, 9.17) is 0 Å². The van der Waals surface area contributed by atoms with Crippen molar-refractivity contribution in [2.75, 3.05) is 10.6 Å². The number of nitrogens with one attached hydrogen (secondary N) is 2. The van der Waals surface area contributed by atoms with E-state index in [1.54, 1.807) is 6.20 Å². The number of nitrogens with zero attached hydrogens (tertiary/aromatic N) is 4. The summed E-state index contributed by atoms with van der Waals surface area (Å²) in [7, 11) is 0. The zero-order valence-corrected chi connectivity index (χ0v) is 19.8. The maximum atomic E-state index is 13.1. The number of allylic oxidation sites excluding steroid dienone is 3. The number of terminal acetylenes is 1. The Hall–Kier alpha value is -2.92. The highest BCUT2D eigenvalue weighted by Crippen LogP contribution is 2.23. The lowest BCUT2D eigenvalue weighted by molar-refractivity contribution is 0.126. The van der Waals surface area contributed by atoms with Gasteiger partial charge in [0.1, 0.15) is 11.3 Å². The van der Waals surface area contributed by atoms with Crippen molar-refractivity contribution in [3.63, 3.8) is 0 Å². The molecule has 3 rings (SSSR count). The lowest BCUT2D eigenvalue weighted by Crippen LogP contribution is -2.28. The van der Waals surface area contributed by atoms with Crippen LogP contribution in [-0.4, -0.2) is 36.8 Å². The van der Waals surface area contributed by atoms with Gasteiger partial charge >= 0.3 is 0 Å². The SMILES string of the molecule is C#C.C/C(F)=C/Nc1nc2cnc(NC3CCC(O)CC3)nc2n1CC(C)C.C/C=C\C. The van der Waals surface area contributed by atoms with E-state index in [1.807, 2.05) is 30.6 Å². The summed E-state index contributed by atoms with van der Waals surface area (Å²) in [6.07, 6.45) is 18.2. The van der Waals surface area contributed by atoms with Crippen LogP contribution in [0.2, 0.25) is 0 Å². The van der Waals surface area contributed by atoms with Crippen LogP contribution in [0.5, 0.6) is 0 Å². The molecule has 7 nitrogen and oxygen atoms in total. The number of halogens is 1. The van der Waals surface area contributed by atoms with Gasteiger partial charge in [-0.05, 0) is 52.4 Å². The van der Waals surface area contributed by atoms with Gasteiger partial charge in [-0.25, -0.2) is 14.4 Å². The second kappa shape index (κ2) is 14.2. The molecule has 3 N–H and O–H groups in total. The van der Waals surface area contributed by atoms with E-state index in [9.17, 15) is 9.50 Å². The third-order valence-corrected chi connectivity index (χ3v) is 4.80. The fourth-order valence-corrected chi connectivity index (χ4v) is 3.20. The lowest BCUT2D eigenvalue weighted by atomic mass is 9.93. The Balaban J connectivity index is 0.000000769. The van der Waals surface area contributed by atoms with Gasteiger partial charge in [0.15, 0.2) is 5.65 Å². The first-order valence-corrected chi connectivity index (χ1v) is 11.0. The number of hydrogen-bond acceptors (Lipinski definition) is 6. The van der Waals surface area contributed by atoms with Crippen molar-refractivity contribution in [3.8, 4) is 12.8 Å². The van der Waals surface area contributed by atoms with Crippen LogP contribution in [0.3, 0.4) is 0 Å². The third-order valence-electron chi connectivity index (χ3n) is 4.80. The van der Waals surface area contributed by atoms with Crippen molar-refractivity contribution in [1.82, 2.24) is 19.5 Å². The van der Waals surface area contributed by atoms with Crippen LogP contribution in [0.1, 0.15) is 60.3 Å². The van der Waals surface area contributed by atoms with Crippen LogP contribution in [0.4, 0.5) is 16.3 Å². The molecule has 0 saturated heterocycles. The number of aromatic nitrogens is 4. The minimum absolute atomic E-state index is 0.190. The number of fused-ring (bicyclic) bond motifs is 1. The zero-order valence-electron chi connectivity index (χ0n) is 19.8. The van der Waals surface area contributed by atoms with Crippen molar-refractivity contribution in [2.24, 2.45) is 5.92 Å². The predicted octanol–water partition coefficient (Wildman–Crippen LogP) is 5.27. The molecular weight excluding hydrogens is 407 g/mol. The van der Waals surface area contributed by atoms with Gasteiger partial charge in [0.2, 0.25) is 11.9 Å². The van der Waals surface area contributed by atoms with Gasteiger partial charge in [-0.15, -0.1) is 12.8 Å². The average molecular weight is 445 g/mol. The number of rotatable bonds is 6. The van der Waals surface area contributed by atoms with Crippen LogP contribution >= 0.6 is 0 Å². The van der Waals surface area contributed by atoms with E-state index in [0.717, 1.165) is 31.3 Å². The Morgan fingerprint density at radius 1 is 1.22 bits per heavy atom. The monoisotopic (exact) mass is 444 g/mol. The summed E-state index contributed by atoms with van der Waals surface area (Å²) in [5.41, 5.74) is 1.39. The molecule has 176 valence electrons.